The van der Waals surface area contributed by atoms with Crippen LogP contribution >= 0.6 is 0 Å². The van der Waals surface area contributed by atoms with Crippen LogP contribution in [0, 0.1) is 5.82 Å². The Morgan fingerprint density at radius 3 is 2.41 bits per heavy atom. The summed E-state index contributed by atoms with van der Waals surface area (Å²) in [5, 5.41) is 7.18. The van der Waals surface area contributed by atoms with Crippen LogP contribution in [0.1, 0.15) is 0 Å². The summed E-state index contributed by atoms with van der Waals surface area (Å²) in [5.74, 6) is -0.835. The second-order valence-electron chi connectivity index (χ2n) is 6.89. The van der Waals surface area contributed by atoms with E-state index >= 15 is 0 Å². The molecule has 0 radical (unpaired) electrons. The third kappa shape index (κ3) is 4.80. The highest BCUT2D eigenvalue weighted by Gasteiger charge is 2.31. The lowest BCUT2D eigenvalue weighted by atomic mass is 10.1. The van der Waals surface area contributed by atoms with Crippen molar-refractivity contribution >= 4 is 11.4 Å². The lowest BCUT2D eigenvalue weighted by Crippen LogP contribution is -2.19. The number of pyridine rings is 1. The zero-order chi connectivity index (χ0) is 22.9. The molecular weight excluding hydrogens is 428 g/mol. The topological polar surface area (TPSA) is 61.1 Å². The number of rotatable bonds is 5. The predicted molar refractivity (Wildman–Crippen MR) is 111 cm³/mol. The Labute approximate surface area is 179 Å². The van der Waals surface area contributed by atoms with Gasteiger partial charge in [0, 0.05) is 48.0 Å². The van der Waals surface area contributed by atoms with E-state index in [0.717, 1.165) is 12.1 Å². The van der Waals surface area contributed by atoms with Crippen LogP contribution in [0.25, 0.3) is 16.8 Å². The zero-order valence-electron chi connectivity index (χ0n) is 16.6. The molecule has 0 atom stereocenters. The van der Waals surface area contributed by atoms with Crippen molar-refractivity contribution in [2.24, 2.45) is 7.05 Å². The monoisotopic (exact) mass is 444 g/mol. The Morgan fingerprint density at radius 1 is 1.03 bits per heavy atom. The maximum atomic E-state index is 13.6. The van der Waals surface area contributed by atoms with E-state index in [1.54, 1.807) is 36.4 Å². The van der Waals surface area contributed by atoms with Crippen molar-refractivity contribution in [2.75, 3.05) is 5.32 Å². The molecule has 164 valence electrons. The van der Waals surface area contributed by atoms with Gasteiger partial charge in [-0.3, -0.25) is 14.0 Å². The Kier molecular flexibility index (Phi) is 5.43. The Balaban J connectivity index is 1.77. The lowest BCUT2D eigenvalue weighted by Gasteiger charge is -2.15. The first-order chi connectivity index (χ1) is 15.2. The van der Waals surface area contributed by atoms with E-state index in [2.05, 4.69) is 15.2 Å². The molecule has 2 heterocycles. The van der Waals surface area contributed by atoms with Gasteiger partial charge in [-0.25, -0.2) is 4.39 Å². The molecule has 0 unspecified atom stereocenters. The molecule has 0 saturated heterocycles. The summed E-state index contributed by atoms with van der Waals surface area (Å²) in [7, 11) is 1.73. The predicted octanol–water partition coefficient (Wildman–Crippen LogP) is 5.02. The summed E-state index contributed by atoms with van der Waals surface area (Å²) in [6.45, 7) is 0. The van der Waals surface area contributed by atoms with Crippen LogP contribution in [-0.4, -0.2) is 20.7 Å². The average molecular weight is 444 g/mol. The van der Waals surface area contributed by atoms with Gasteiger partial charge in [0.15, 0.2) is 0 Å². The van der Waals surface area contributed by atoms with E-state index < -0.39 is 23.5 Å². The number of alkyl halides is 3. The van der Waals surface area contributed by atoms with Crippen molar-refractivity contribution in [2.45, 2.75) is 6.36 Å². The van der Waals surface area contributed by atoms with Gasteiger partial charge in [0.25, 0.3) is 5.56 Å². The molecule has 32 heavy (non-hydrogen) atoms. The third-order valence-corrected chi connectivity index (χ3v) is 4.52. The number of halogens is 4. The molecule has 0 amide bonds. The molecule has 0 aliphatic rings. The molecule has 0 fully saturated rings. The second kappa shape index (κ2) is 8.22. The van der Waals surface area contributed by atoms with E-state index in [-0.39, 0.29) is 0 Å². The van der Waals surface area contributed by atoms with E-state index in [1.165, 1.54) is 41.0 Å². The van der Waals surface area contributed by atoms with Crippen LogP contribution in [0.3, 0.4) is 0 Å². The minimum atomic E-state index is -4.81. The second-order valence-corrected chi connectivity index (χ2v) is 6.89. The number of nitrogens with zero attached hydrogens (tertiary/aromatic N) is 3. The normalized spacial score (nSPS) is 11.4. The van der Waals surface area contributed by atoms with Gasteiger partial charge in [0.2, 0.25) is 0 Å². The molecule has 2 aromatic heterocycles. The van der Waals surface area contributed by atoms with Gasteiger partial charge in [-0.15, -0.1) is 13.2 Å². The molecule has 4 rings (SSSR count). The summed E-state index contributed by atoms with van der Waals surface area (Å²) in [6.07, 6.45) is 0.0685. The molecule has 0 aliphatic carbocycles. The first-order valence-corrected chi connectivity index (χ1v) is 9.32. The van der Waals surface area contributed by atoms with Crippen molar-refractivity contribution in [3.63, 3.8) is 0 Å². The number of aromatic nitrogens is 3. The summed E-state index contributed by atoms with van der Waals surface area (Å²) in [4.78, 5) is 12.8. The summed E-state index contributed by atoms with van der Waals surface area (Å²) >= 11 is 0. The average Bonchev–Trinajstić information content (AvgIpc) is 3.14. The largest absolute Gasteiger partial charge is 0.573 e. The molecule has 0 spiro atoms. The number of anilines is 2. The van der Waals surface area contributed by atoms with Gasteiger partial charge in [-0.1, -0.05) is 6.07 Å². The molecule has 0 saturated carbocycles. The Bertz CT molecular complexity index is 1310. The Hall–Kier alpha value is -4.08. The van der Waals surface area contributed by atoms with Crippen LogP contribution in [0.5, 0.6) is 5.75 Å². The van der Waals surface area contributed by atoms with Crippen molar-refractivity contribution < 1.29 is 22.3 Å². The third-order valence-electron chi connectivity index (χ3n) is 4.52. The van der Waals surface area contributed by atoms with Crippen LogP contribution < -0.4 is 15.6 Å². The number of ether oxygens (including phenoxy) is 1. The van der Waals surface area contributed by atoms with Gasteiger partial charge < -0.3 is 10.1 Å². The first kappa shape index (κ1) is 21.2. The number of aryl methyl sites for hydroxylation is 1. The van der Waals surface area contributed by atoms with Crippen LogP contribution in [0.15, 0.2) is 78.0 Å². The van der Waals surface area contributed by atoms with Crippen LogP contribution in [0.4, 0.5) is 28.9 Å². The van der Waals surface area contributed by atoms with E-state index in [9.17, 15) is 22.4 Å². The fourth-order valence-electron chi connectivity index (χ4n) is 3.16. The van der Waals surface area contributed by atoms with Crippen molar-refractivity contribution in [1.82, 2.24) is 14.3 Å². The molecule has 0 bridgehead atoms. The van der Waals surface area contributed by atoms with Crippen LogP contribution in [-0.2, 0) is 7.05 Å². The van der Waals surface area contributed by atoms with Crippen molar-refractivity contribution in [1.29, 1.82) is 0 Å². The molecule has 0 aliphatic heterocycles. The zero-order valence-corrected chi connectivity index (χ0v) is 16.6. The smallest absolute Gasteiger partial charge is 0.406 e. The SMILES string of the molecule is Cn1cc(-c2cn(-c3ccc(OC(F)(F)F)cc3)c(=O)cc2Nc2cccc(F)c2)cn1. The Morgan fingerprint density at radius 2 is 1.78 bits per heavy atom. The molecule has 10 heteroatoms. The first-order valence-electron chi connectivity index (χ1n) is 9.32. The number of nitrogens with one attached hydrogen (secondary N) is 1. The highest BCUT2D eigenvalue weighted by Crippen LogP contribution is 2.30. The number of hydrogen-bond donors (Lipinski definition) is 1. The van der Waals surface area contributed by atoms with Crippen molar-refractivity contribution in [3.8, 4) is 22.6 Å². The van der Waals surface area contributed by atoms with Crippen LogP contribution in [0.2, 0.25) is 0 Å². The number of hydrogen-bond acceptors (Lipinski definition) is 4. The minimum absolute atomic E-state index is 0.340. The maximum absolute atomic E-state index is 13.6. The maximum Gasteiger partial charge on any atom is 0.573 e. The molecule has 4 aromatic rings. The van der Waals surface area contributed by atoms with Gasteiger partial charge in [0.05, 0.1) is 11.9 Å². The van der Waals surface area contributed by atoms with Crippen molar-refractivity contribution in [3.05, 3.63) is 89.4 Å². The lowest BCUT2D eigenvalue weighted by molar-refractivity contribution is -0.274. The van der Waals surface area contributed by atoms with Gasteiger partial charge in [0.1, 0.15) is 11.6 Å². The molecule has 2 aromatic carbocycles. The highest BCUT2D eigenvalue weighted by atomic mass is 19.4. The minimum Gasteiger partial charge on any atom is -0.406 e. The molecule has 6 nitrogen and oxygen atoms in total. The van der Waals surface area contributed by atoms with E-state index in [4.69, 9.17) is 0 Å². The van der Waals surface area contributed by atoms with E-state index in [0.29, 0.717) is 28.2 Å². The fourth-order valence-corrected chi connectivity index (χ4v) is 3.16. The summed E-state index contributed by atoms with van der Waals surface area (Å²) in [6, 6.07) is 12.0. The highest BCUT2D eigenvalue weighted by molar-refractivity contribution is 5.80. The molecular formula is C22H16F4N4O2. The quantitative estimate of drug-likeness (QED) is 0.439. The fraction of sp³-hybridized carbons (Fsp3) is 0.0909. The van der Waals surface area contributed by atoms with Gasteiger partial charge in [-0.2, -0.15) is 5.10 Å². The number of benzene rings is 2. The van der Waals surface area contributed by atoms with E-state index in [1.807, 2.05) is 0 Å². The van der Waals surface area contributed by atoms with Gasteiger partial charge >= 0.3 is 6.36 Å². The molecule has 1 N–H and O–H groups in total. The van der Waals surface area contributed by atoms with Gasteiger partial charge in [-0.05, 0) is 42.5 Å². The summed E-state index contributed by atoms with van der Waals surface area (Å²) < 4.78 is 57.6. The standard InChI is InChI=1S/C22H16F4N4O2/c1-29-12-14(11-27-29)19-13-30(17-5-7-18(8-6-17)32-22(24,25)26)21(31)10-20(19)28-16-4-2-3-15(23)9-16/h2-13,28H,1H3. The summed E-state index contributed by atoms with van der Waals surface area (Å²) in [5.41, 5.74) is 2.02.